The van der Waals surface area contributed by atoms with Gasteiger partial charge in [-0.05, 0) is 60.5 Å². The molecule has 0 radical (unpaired) electrons. The molecule has 34 heavy (non-hydrogen) atoms. The molecular weight excluding hydrogens is 428 g/mol. The fourth-order valence-electron chi connectivity index (χ4n) is 4.00. The number of piperazine rings is 1. The number of aryl methyl sites for hydroxylation is 1. The van der Waals surface area contributed by atoms with E-state index < -0.39 is 0 Å². The van der Waals surface area contributed by atoms with Crippen molar-refractivity contribution in [3.05, 3.63) is 83.9 Å². The van der Waals surface area contributed by atoms with Crippen LogP contribution in [0.1, 0.15) is 11.1 Å². The van der Waals surface area contributed by atoms with E-state index in [0.717, 1.165) is 47.0 Å². The molecule has 3 aromatic rings. The molecule has 4 rings (SSSR count). The Balaban J connectivity index is 1.26. The van der Waals surface area contributed by atoms with Crippen molar-refractivity contribution < 1.29 is 14.3 Å². The lowest BCUT2D eigenvalue weighted by molar-refractivity contribution is -0.130. The Bertz CT molecular complexity index is 1120. The number of methoxy groups -OCH3 is 1. The van der Waals surface area contributed by atoms with Gasteiger partial charge in [-0.15, -0.1) is 0 Å². The van der Waals surface area contributed by atoms with Gasteiger partial charge in [-0.2, -0.15) is 0 Å². The second-order valence-corrected chi connectivity index (χ2v) is 8.33. The fourth-order valence-corrected chi connectivity index (χ4v) is 4.00. The number of carbonyl (C=O) groups excluding carboxylic acids is 2. The Morgan fingerprint density at radius 1 is 0.853 bits per heavy atom. The van der Waals surface area contributed by atoms with Gasteiger partial charge in [0.2, 0.25) is 5.91 Å². The van der Waals surface area contributed by atoms with Crippen LogP contribution in [0.15, 0.2) is 72.8 Å². The normalized spacial score (nSPS) is 13.4. The summed E-state index contributed by atoms with van der Waals surface area (Å²) in [5.74, 6) is 0.932. The Labute approximate surface area is 200 Å². The van der Waals surface area contributed by atoms with Gasteiger partial charge >= 0.3 is 6.03 Å². The lowest BCUT2D eigenvalue weighted by atomic mass is 10.1. The number of nitrogens with zero attached hydrogens (tertiary/aromatic N) is 2. The van der Waals surface area contributed by atoms with Crippen LogP contribution >= 0.6 is 0 Å². The van der Waals surface area contributed by atoms with Crippen LogP contribution in [-0.2, 0) is 11.2 Å². The SMILES string of the molecule is COc1ccc(CC(=O)N2CCN(c3ccc(NC(=O)Nc4ccccc4C)cc3)CC2)cc1. The average Bonchev–Trinajstić information content (AvgIpc) is 2.86. The highest BCUT2D eigenvalue weighted by atomic mass is 16.5. The molecule has 1 heterocycles. The zero-order valence-electron chi connectivity index (χ0n) is 19.6. The van der Waals surface area contributed by atoms with Gasteiger partial charge in [0, 0.05) is 43.2 Å². The maximum atomic E-state index is 12.7. The maximum Gasteiger partial charge on any atom is 0.323 e. The van der Waals surface area contributed by atoms with Gasteiger partial charge in [0.1, 0.15) is 5.75 Å². The predicted molar refractivity (Wildman–Crippen MR) is 136 cm³/mol. The van der Waals surface area contributed by atoms with Crippen LogP contribution in [0.5, 0.6) is 5.75 Å². The monoisotopic (exact) mass is 458 g/mol. The summed E-state index contributed by atoms with van der Waals surface area (Å²) in [6.07, 6.45) is 0.398. The van der Waals surface area contributed by atoms with Crippen molar-refractivity contribution in [3.63, 3.8) is 0 Å². The number of hydrogen-bond donors (Lipinski definition) is 2. The topological polar surface area (TPSA) is 73.9 Å². The second-order valence-electron chi connectivity index (χ2n) is 8.33. The number of hydrogen-bond acceptors (Lipinski definition) is 4. The third kappa shape index (κ3) is 5.86. The zero-order valence-corrected chi connectivity index (χ0v) is 19.6. The second kappa shape index (κ2) is 10.7. The van der Waals surface area contributed by atoms with E-state index in [4.69, 9.17) is 4.74 Å². The Morgan fingerprint density at radius 2 is 1.53 bits per heavy atom. The molecule has 1 aliphatic rings. The maximum absolute atomic E-state index is 12.7. The average molecular weight is 459 g/mol. The molecule has 176 valence electrons. The standard InChI is InChI=1S/C27H30N4O3/c1-20-5-3-4-6-25(20)29-27(33)28-22-9-11-23(12-10-22)30-15-17-31(18-16-30)26(32)19-21-7-13-24(34-2)14-8-21/h3-14H,15-19H2,1-2H3,(H2,28,29,33). The van der Waals surface area contributed by atoms with Crippen molar-refractivity contribution in [1.82, 2.24) is 4.90 Å². The van der Waals surface area contributed by atoms with Gasteiger partial charge in [-0.25, -0.2) is 4.79 Å². The van der Waals surface area contributed by atoms with E-state index in [2.05, 4.69) is 15.5 Å². The molecule has 0 aromatic heterocycles. The molecule has 0 bridgehead atoms. The van der Waals surface area contributed by atoms with E-state index in [1.807, 2.05) is 84.6 Å². The number of anilines is 3. The Kier molecular flexibility index (Phi) is 7.32. The molecule has 2 N–H and O–H groups in total. The predicted octanol–water partition coefficient (Wildman–Crippen LogP) is 4.54. The molecule has 0 aliphatic carbocycles. The summed E-state index contributed by atoms with van der Waals surface area (Å²) >= 11 is 0. The highest BCUT2D eigenvalue weighted by Gasteiger charge is 2.21. The molecule has 3 aromatic carbocycles. The minimum atomic E-state index is -0.272. The first-order valence-electron chi connectivity index (χ1n) is 11.4. The van der Waals surface area contributed by atoms with Crippen LogP contribution in [0.25, 0.3) is 0 Å². The van der Waals surface area contributed by atoms with E-state index in [9.17, 15) is 9.59 Å². The van der Waals surface area contributed by atoms with Crippen LogP contribution in [-0.4, -0.2) is 50.1 Å². The molecule has 7 heteroatoms. The number of amides is 3. The lowest BCUT2D eigenvalue weighted by Crippen LogP contribution is -2.49. The van der Waals surface area contributed by atoms with E-state index in [1.165, 1.54) is 0 Å². The summed E-state index contributed by atoms with van der Waals surface area (Å²) in [6, 6.07) is 22.8. The van der Waals surface area contributed by atoms with Gasteiger partial charge < -0.3 is 25.2 Å². The third-order valence-electron chi connectivity index (χ3n) is 6.03. The van der Waals surface area contributed by atoms with Crippen LogP contribution in [0, 0.1) is 6.92 Å². The van der Waals surface area contributed by atoms with Crippen molar-refractivity contribution in [2.75, 3.05) is 48.8 Å². The molecule has 0 spiro atoms. The van der Waals surface area contributed by atoms with E-state index in [-0.39, 0.29) is 11.9 Å². The highest BCUT2D eigenvalue weighted by Crippen LogP contribution is 2.21. The molecule has 7 nitrogen and oxygen atoms in total. The summed E-state index contributed by atoms with van der Waals surface area (Å²) in [6.45, 7) is 4.88. The van der Waals surface area contributed by atoms with Crippen molar-refractivity contribution >= 4 is 29.0 Å². The third-order valence-corrected chi connectivity index (χ3v) is 6.03. The molecule has 1 saturated heterocycles. The molecule has 1 fully saturated rings. The molecule has 1 aliphatic heterocycles. The number of rotatable bonds is 6. The van der Waals surface area contributed by atoms with Crippen molar-refractivity contribution in [1.29, 1.82) is 0 Å². The zero-order chi connectivity index (χ0) is 23.9. The van der Waals surface area contributed by atoms with Gasteiger partial charge in [0.05, 0.1) is 13.5 Å². The number of benzene rings is 3. The van der Waals surface area contributed by atoms with E-state index >= 15 is 0 Å². The molecule has 0 saturated carbocycles. The van der Waals surface area contributed by atoms with Gasteiger partial charge in [-0.1, -0.05) is 30.3 Å². The van der Waals surface area contributed by atoms with Crippen LogP contribution in [0.2, 0.25) is 0 Å². The number of urea groups is 1. The summed E-state index contributed by atoms with van der Waals surface area (Å²) in [5, 5.41) is 5.74. The van der Waals surface area contributed by atoms with Gasteiger partial charge in [0.25, 0.3) is 0 Å². The van der Waals surface area contributed by atoms with Gasteiger partial charge in [0.15, 0.2) is 0 Å². The van der Waals surface area contributed by atoms with Crippen LogP contribution in [0.3, 0.4) is 0 Å². The van der Waals surface area contributed by atoms with E-state index in [1.54, 1.807) is 7.11 Å². The smallest absolute Gasteiger partial charge is 0.323 e. The Morgan fingerprint density at radius 3 is 2.18 bits per heavy atom. The lowest BCUT2D eigenvalue weighted by Gasteiger charge is -2.36. The number of nitrogens with one attached hydrogen (secondary N) is 2. The first-order chi connectivity index (χ1) is 16.5. The summed E-state index contributed by atoms with van der Waals surface area (Å²) in [4.78, 5) is 29.2. The summed E-state index contributed by atoms with van der Waals surface area (Å²) in [7, 11) is 1.63. The summed E-state index contributed by atoms with van der Waals surface area (Å²) < 4.78 is 5.17. The van der Waals surface area contributed by atoms with Gasteiger partial charge in [-0.3, -0.25) is 4.79 Å². The Hall–Kier alpha value is -4.00. The minimum Gasteiger partial charge on any atom is -0.497 e. The molecule has 3 amide bonds. The minimum absolute atomic E-state index is 0.143. The summed E-state index contributed by atoms with van der Waals surface area (Å²) in [5.41, 5.74) is 4.59. The van der Waals surface area contributed by atoms with Crippen molar-refractivity contribution in [2.45, 2.75) is 13.3 Å². The fraction of sp³-hybridized carbons (Fsp3) is 0.259. The quantitative estimate of drug-likeness (QED) is 0.569. The van der Waals surface area contributed by atoms with Crippen molar-refractivity contribution in [3.8, 4) is 5.75 Å². The highest BCUT2D eigenvalue weighted by molar-refractivity contribution is 6.00. The number of ether oxygens (including phenoxy) is 1. The molecule has 0 unspecified atom stereocenters. The first-order valence-corrected chi connectivity index (χ1v) is 11.4. The molecular formula is C27H30N4O3. The molecule has 0 atom stereocenters. The largest absolute Gasteiger partial charge is 0.497 e. The number of carbonyl (C=O) groups is 2. The van der Waals surface area contributed by atoms with Crippen molar-refractivity contribution in [2.24, 2.45) is 0 Å². The first kappa shape index (κ1) is 23.2. The number of para-hydroxylation sites is 1. The van der Waals surface area contributed by atoms with Crippen LogP contribution in [0.4, 0.5) is 21.9 Å². The van der Waals surface area contributed by atoms with E-state index in [0.29, 0.717) is 19.5 Å². The van der Waals surface area contributed by atoms with Crippen LogP contribution < -0.4 is 20.3 Å².